The van der Waals surface area contributed by atoms with Crippen LogP contribution in [0.3, 0.4) is 0 Å². The number of hydrogen-bond donors (Lipinski definition) is 4. The smallest absolute Gasteiger partial charge is 0.334 e. The summed E-state index contributed by atoms with van der Waals surface area (Å²) in [5.41, 5.74) is 0.569. The number of carbonyl (C=O) groups excluding carboxylic acids is 1. The number of fused-ring (bicyclic) bond motifs is 1. The van der Waals surface area contributed by atoms with Crippen molar-refractivity contribution in [2.75, 3.05) is 17.7 Å². The maximum atomic E-state index is 12.8. The molecule has 0 aliphatic rings. The zero-order valence-corrected chi connectivity index (χ0v) is 19.8. The molecular weight excluding hydrogens is 482 g/mol. The summed E-state index contributed by atoms with van der Waals surface area (Å²) in [6.07, 6.45) is 2.21. The average Bonchev–Trinajstić information content (AvgIpc) is 3.13. The van der Waals surface area contributed by atoms with Crippen molar-refractivity contribution in [3.8, 4) is 5.82 Å². The highest BCUT2D eigenvalue weighted by Crippen LogP contribution is 2.24. The number of H-pyrrole nitrogens is 1. The second-order valence-corrected chi connectivity index (χ2v) is 10.4. The number of nitrogens with one attached hydrogen (secondary N) is 4. The zero-order valence-electron chi connectivity index (χ0n) is 18.2. The van der Waals surface area contributed by atoms with Crippen molar-refractivity contribution in [1.29, 1.82) is 0 Å². The van der Waals surface area contributed by atoms with Crippen LogP contribution in [0, 0.1) is 13.8 Å². The molecule has 0 aliphatic heterocycles. The topological polar surface area (TPSA) is 168 Å². The second kappa shape index (κ2) is 8.72. The first kappa shape index (κ1) is 23.1. The predicted octanol–water partition coefficient (Wildman–Crippen LogP) is 1.70. The predicted molar refractivity (Wildman–Crippen MR) is 128 cm³/mol. The molecule has 0 spiro atoms. The van der Waals surface area contributed by atoms with E-state index in [1.807, 2.05) is 4.72 Å². The largest absolute Gasteiger partial charge is 0.388 e. The molecule has 176 valence electrons. The molecule has 3 heterocycles. The number of benzene rings is 1. The van der Waals surface area contributed by atoms with Crippen LogP contribution in [0.25, 0.3) is 16.7 Å². The summed E-state index contributed by atoms with van der Waals surface area (Å²) in [6, 6.07) is 5.33. The summed E-state index contributed by atoms with van der Waals surface area (Å²) in [4.78, 5) is 48.9. The van der Waals surface area contributed by atoms with Gasteiger partial charge in [0.2, 0.25) is 0 Å². The number of aryl methyl sites for hydroxylation is 2. The second-order valence-electron chi connectivity index (χ2n) is 7.21. The van der Waals surface area contributed by atoms with Crippen molar-refractivity contribution in [2.24, 2.45) is 0 Å². The lowest BCUT2D eigenvalue weighted by Gasteiger charge is -2.09. The molecule has 12 nitrogen and oxygen atoms in total. The van der Waals surface area contributed by atoms with E-state index in [4.69, 9.17) is 0 Å². The molecule has 0 saturated carbocycles. The van der Waals surface area contributed by atoms with Crippen LogP contribution in [0.15, 0.2) is 50.5 Å². The van der Waals surface area contributed by atoms with Gasteiger partial charge in [-0.3, -0.25) is 10.1 Å². The average molecular weight is 502 g/mol. The molecule has 4 N–H and O–H groups in total. The summed E-state index contributed by atoms with van der Waals surface area (Å²) in [7, 11) is -2.34. The first-order valence-corrected chi connectivity index (χ1v) is 12.1. The van der Waals surface area contributed by atoms with Crippen LogP contribution in [0.5, 0.6) is 0 Å². The van der Waals surface area contributed by atoms with E-state index >= 15 is 0 Å². The number of hydrogen-bond acceptors (Lipinski definition) is 9. The van der Waals surface area contributed by atoms with Crippen molar-refractivity contribution in [2.45, 2.75) is 18.1 Å². The van der Waals surface area contributed by atoms with Gasteiger partial charge in [0, 0.05) is 17.6 Å². The number of rotatable bonds is 5. The number of sulfonamides is 1. The van der Waals surface area contributed by atoms with Gasteiger partial charge in [-0.2, -0.15) is 0 Å². The molecular formula is C20H19N7O5S2. The van der Waals surface area contributed by atoms with Crippen LogP contribution in [0.2, 0.25) is 0 Å². The number of anilines is 2. The zero-order chi connectivity index (χ0) is 24.6. The number of nitrogens with zero attached hydrogens (tertiary/aromatic N) is 3. The SMILES string of the molecule is CNc1ccc2c(=O)n(-c3cnc(NC(=O)NS(=O)(=O)c4cc(C)c(C)s4)cn3)c(=O)[nH]c2c1. The Morgan fingerprint density at radius 2 is 1.88 bits per heavy atom. The maximum Gasteiger partial charge on any atom is 0.334 e. The van der Waals surface area contributed by atoms with Crippen LogP contribution in [0.1, 0.15) is 10.4 Å². The highest BCUT2D eigenvalue weighted by Gasteiger charge is 2.21. The van der Waals surface area contributed by atoms with E-state index < -0.39 is 27.3 Å². The van der Waals surface area contributed by atoms with Gasteiger partial charge in [-0.25, -0.2) is 37.3 Å². The van der Waals surface area contributed by atoms with Gasteiger partial charge in [-0.15, -0.1) is 11.3 Å². The molecule has 0 aliphatic carbocycles. The van der Waals surface area contributed by atoms with Gasteiger partial charge in [0.15, 0.2) is 11.6 Å². The summed E-state index contributed by atoms with van der Waals surface area (Å²) in [5, 5.41) is 5.45. The van der Waals surface area contributed by atoms with Crippen molar-refractivity contribution < 1.29 is 13.2 Å². The van der Waals surface area contributed by atoms with Crippen molar-refractivity contribution >= 4 is 49.8 Å². The van der Waals surface area contributed by atoms with E-state index in [0.29, 0.717) is 5.52 Å². The normalized spacial score (nSPS) is 11.4. The Hall–Kier alpha value is -4.04. The number of thiophene rings is 1. The minimum atomic E-state index is -4.06. The Bertz CT molecular complexity index is 1620. The van der Waals surface area contributed by atoms with Gasteiger partial charge in [-0.05, 0) is 43.7 Å². The van der Waals surface area contributed by atoms with Crippen molar-refractivity contribution in [3.63, 3.8) is 0 Å². The van der Waals surface area contributed by atoms with Gasteiger partial charge in [0.05, 0.1) is 23.3 Å². The van der Waals surface area contributed by atoms with E-state index in [1.165, 1.54) is 6.07 Å². The third-order valence-electron chi connectivity index (χ3n) is 4.93. The fourth-order valence-corrected chi connectivity index (χ4v) is 5.49. The van der Waals surface area contributed by atoms with Crippen LogP contribution in [-0.4, -0.2) is 41.0 Å². The molecule has 0 atom stereocenters. The lowest BCUT2D eigenvalue weighted by Crippen LogP contribution is -2.35. The molecule has 2 amide bonds. The molecule has 0 unspecified atom stereocenters. The number of aromatic nitrogens is 4. The van der Waals surface area contributed by atoms with E-state index in [9.17, 15) is 22.8 Å². The Morgan fingerprint density at radius 3 is 2.50 bits per heavy atom. The first-order valence-electron chi connectivity index (χ1n) is 9.79. The minimum Gasteiger partial charge on any atom is -0.388 e. The molecule has 3 aromatic heterocycles. The number of carbonyl (C=O) groups is 1. The Kier molecular flexibility index (Phi) is 5.93. The fourth-order valence-electron chi connectivity index (χ4n) is 3.07. The van der Waals surface area contributed by atoms with E-state index in [0.717, 1.165) is 44.4 Å². The Balaban J connectivity index is 1.55. The highest BCUT2D eigenvalue weighted by molar-refractivity contribution is 7.92. The molecule has 4 aromatic rings. The quantitative estimate of drug-likeness (QED) is 0.320. The highest BCUT2D eigenvalue weighted by atomic mass is 32.2. The summed E-state index contributed by atoms with van der Waals surface area (Å²) >= 11 is 1.05. The van der Waals surface area contributed by atoms with Gasteiger partial charge in [0.1, 0.15) is 4.21 Å². The van der Waals surface area contributed by atoms with Crippen molar-refractivity contribution in [3.05, 3.63) is 67.9 Å². The number of urea groups is 1. The lowest BCUT2D eigenvalue weighted by molar-refractivity contribution is 0.256. The third-order valence-corrected chi connectivity index (χ3v) is 7.89. The van der Waals surface area contributed by atoms with Gasteiger partial charge < -0.3 is 10.3 Å². The summed E-state index contributed by atoms with van der Waals surface area (Å²) in [6.45, 7) is 3.55. The molecule has 14 heteroatoms. The summed E-state index contributed by atoms with van der Waals surface area (Å²) < 4.78 is 27.5. The van der Waals surface area contributed by atoms with Crippen LogP contribution in [0.4, 0.5) is 16.3 Å². The minimum absolute atomic E-state index is 0.0100. The molecule has 1 aromatic carbocycles. The molecule has 0 fully saturated rings. The Morgan fingerprint density at radius 1 is 1.12 bits per heavy atom. The first-order chi connectivity index (χ1) is 16.1. The molecule has 4 rings (SSSR count). The molecule has 0 bridgehead atoms. The number of aromatic amines is 1. The fraction of sp³-hybridized carbons (Fsp3) is 0.150. The van der Waals surface area contributed by atoms with Gasteiger partial charge in [-0.1, -0.05) is 0 Å². The van der Waals surface area contributed by atoms with Crippen molar-refractivity contribution in [1.82, 2.24) is 24.2 Å². The third kappa shape index (κ3) is 4.40. The van der Waals surface area contributed by atoms with Crippen LogP contribution in [-0.2, 0) is 10.0 Å². The van der Waals surface area contributed by atoms with E-state index in [1.54, 1.807) is 39.1 Å². The molecule has 34 heavy (non-hydrogen) atoms. The molecule has 0 saturated heterocycles. The van der Waals surface area contributed by atoms with Crippen LogP contribution >= 0.6 is 11.3 Å². The monoisotopic (exact) mass is 501 g/mol. The lowest BCUT2D eigenvalue weighted by atomic mass is 10.2. The molecule has 0 radical (unpaired) electrons. The Labute approximate surface area is 196 Å². The van der Waals surface area contributed by atoms with Gasteiger partial charge in [0.25, 0.3) is 15.6 Å². The summed E-state index contributed by atoms with van der Waals surface area (Å²) in [5.74, 6) is -0.159. The van der Waals surface area contributed by atoms with Crippen LogP contribution < -0.4 is 26.6 Å². The maximum absolute atomic E-state index is 12.8. The van der Waals surface area contributed by atoms with E-state index in [-0.39, 0.29) is 21.2 Å². The van der Waals surface area contributed by atoms with Gasteiger partial charge >= 0.3 is 11.7 Å². The standard InChI is InChI=1S/C20H19N7O5S2/c1-10-6-17(33-11(10)2)34(31,32)26-19(29)25-15-8-23-16(9-22-15)27-18(28)13-5-4-12(21-3)7-14(13)24-20(27)30/h4-9,21H,1-3H3,(H,24,30)(H2,22,25,26,29). The number of amides is 2. The van der Waals surface area contributed by atoms with E-state index in [2.05, 4.69) is 25.6 Å².